The van der Waals surface area contributed by atoms with Gasteiger partial charge in [-0.2, -0.15) is 13.2 Å². The van der Waals surface area contributed by atoms with Gasteiger partial charge in [0, 0.05) is 22.6 Å². The fourth-order valence-corrected chi connectivity index (χ4v) is 2.94. The molecule has 172 valence electrons. The predicted molar refractivity (Wildman–Crippen MR) is 121 cm³/mol. The highest BCUT2D eigenvalue weighted by Crippen LogP contribution is 2.30. The maximum atomic E-state index is 12.9. The van der Waals surface area contributed by atoms with Gasteiger partial charge in [-0.1, -0.05) is 12.1 Å². The van der Waals surface area contributed by atoms with Crippen LogP contribution in [0.25, 0.3) is 0 Å². The lowest BCUT2D eigenvalue weighted by Gasteiger charge is -2.11. The lowest BCUT2D eigenvalue weighted by molar-refractivity contribution is -0.137. The molecule has 3 aromatic carbocycles. The summed E-state index contributed by atoms with van der Waals surface area (Å²) in [5.41, 5.74) is 0.523. The van der Waals surface area contributed by atoms with E-state index in [0.717, 1.165) is 12.1 Å². The molecule has 3 N–H and O–H groups in total. The van der Waals surface area contributed by atoms with Gasteiger partial charge in [0.1, 0.15) is 5.75 Å². The number of hydrogen-bond donors (Lipinski definition) is 3. The van der Waals surface area contributed by atoms with Crippen molar-refractivity contribution < 1.29 is 27.5 Å². The molecule has 3 rings (SSSR count). The Morgan fingerprint density at radius 1 is 0.848 bits per heavy atom. The SMILES string of the molecule is CCOc1ccc(NC(=O)CNc2cccc(C(=O)Nc3cccc(C(F)(F)F)c3)c2)cc1. The number of benzene rings is 3. The second-order valence-corrected chi connectivity index (χ2v) is 6.97. The lowest BCUT2D eigenvalue weighted by Crippen LogP contribution is -2.22. The van der Waals surface area contributed by atoms with E-state index in [1.165, 1.54) is 24.3 Å². The van der Waals surface area contributed by atoms with Gasteiger partial charge in [-0.15, -0.1) is 0 Å². The molecule has 2 amide bonds. The molecule has 3 aromatic rings. The molecule has 0 radical (unpaired) electrons. The number of carbonyl (C=O) groups is 2. The number of anilines is 3. The number of hydrogen-bond acceptors (Lipinski definition) is 4. The van der Waals surface area contributed by atoms with Gasteiger partial charge in [0.25, 0.3) is 5.91 Å². The minimum atomic E-state index is -4.50. The van der Waals surface area contributed by atoms with Crippen LogP contribution in [0.3, 0.4) is 0 Å². The van der Waals surface area contributed by atoms with Crippen molar-refractivity contribution >= 4 is 28.9 Å². The van der Waals surface area contributed by atoms with Gasteiger partial charge in [-0.3, -0.25) is 9.59 Å². The third kappa shape index (κ3) is 6.99. The van der Waals surface area contributed by atoms with E-state index < -0.39 is 17.6 Å². The number of rotatable bonds is 8. The summed E-state index contributed by atoms with van der Waals surface area (Å²) in [6, 6.07) is 17.6. The molecule has 0 aliphatic heterocycles. The van der Waals surface area contributed by atoms with E-state index in [2.05, 4.69) is 16.0 Å². The van der Waals surface area contributed by atoms with E-state index in [1.807, 2.05) is 6.92 Å². The summed E-state index contributed by atoms with van der Waals surface area (Å²) in [6.45, 7) is 2.38. The minimum absolute atomic E-state index is 0.0305. The summed E-state index contributed by atoms with van der Waals surface area (Å²) in [7, 11) is 0. The molecule has 0 heterocycles. The minimum Gasteiger partial charge on any atom is -0.494 e. The van der Waals surface area contributed by atoms with E-state index in [4.69, 9.17) is 4.74 Å². The molecule has 6 nitrogen and oxygen atoms in total. The monoisotopic (exact) mass is 457 g/mol. The molecule has 0 aliphatic carbocycles. The summed E-state index contributed by atoms with van der Waals surface area (Å²) >= 11 is 0. The van der Waals surface area contributed by atoms with Crippen molar-refractivity contribution in [1.82, 2.24) is 0 Å². The molecule has 0 unspecified atom stereocenters. The van der Waals surface area contributed by atoms with Crippen LogP contribution >= 0.6 is 0 Å². The Labute approximate surface area is 188 Å². The smallest absolute Gasteiger partial charge is 0.416 e. The fraction of sp³-hybridized carbons (Fsp3) is 0.167. The largest absolute Gasteiger partial charge is 0.494 e. The van der Waals surface area contributed by atoms with Gasteiger partial charge < -0.3 is 20.7 Å². The highest BCUT2D eigenvalue weighted by atomic mass is 19.4. The zero-order valence-electron chi connectivity index (χ0n) is 17.7. The maximum absolute atomic E-state index is 12.9. The Morgan fingerprint density at radius 2 is 1.55 bits per heavy atom. The third-order valence-corrected chi connectivity index (χ3v) is 4.47. The van der Waals surface area contributed by atoms with Crippen molar-refractivity contribution in [2.45, 2.75) is 13.1 Å². The van der Waals surface area contributed by atoms with Gasteiger partial charge in [-0.05, 0) is 67.6 Å². The maximum Gasteiger partial charge on any atom is 0.416 e. The van der Waals surface area contributed by atoms with Crippen LogP contribution in [-0.2, 0) is 11.0 Å². The topological polar surface area (TPSA) is 79.5 Å². The van der Waals surface area contributed by atoms with Gasteiger partial charge in [-0.25, -0.2) is 0 Å². The summed E-state index contributed by atoms with van der Waals surface area (Å²) < 4.78 is 43.9. The van der Waals surface area contributed by atoms with E-state index in [9.17, 15) is 22.8 Å². The summed E-state index contributed by atoms with van der Waals surface area (Å²) in [5.74, 6) is -0.163. The molecule has 0 saturated heterocycles. The first-order valence-electron chi connectivity index (χ1n) is 10.1. The molecule has 0 spiro atoms. The van der Waals surface area contributed by atoms with Gasteiger partial charge >= 0.3 is 6.18 Å². The van der Waals surface area contributed by atoms with Crippen molar-refractivity contribution in [3.05, 3.63) is 83.9 Å². The fourth-order valence-electron chi connectivity index (χ4n) is 2.94. The van der Waals surface area contributed by atoms with Crippen LogP contribution < -0.4 is 20.7 Å². The number of halogens is 3. The number of alkyl halides is 3. The molecule has 0 saturated carbocycles. The summed E-state index contributed by atoms with van der Waals surface area (Å²) in [5, 5.41) is 8.11. The zero-order valence-corrected chi connectivity index (χ0v) is 17.7. The predicted octanol–water partition coefficient (Wildman–Crippen LogP) is 5.41. The van der Waals surface area contributed by atoms with Crippen molar-refractivity contribution in [3.8, 4) is 5.75 Å². The summed E-state index contributed by atoms with van der Waals surface area (Å²) in [4.78, 5) is 24.7. The first-order chi connectivity index (χ1) is 15.7. The molecule has 0 fully saturated rings. The normalized spacial score (nSPS) is 10.9. The summed E-state index contributed by atoms with van der Waals surface area (Å²) in [6.07, 6.45) is -4.50. The van der Waals surface area contributed by atoms with E-state index in [-0.39, 0.29) is 23.7 Å². The van der Waals surface area contributed by atoms with Gasteiger partial charge in [0.15, 0.2) is 0 Å². The molecule has 33 heavy (non-hydrogen) atoms. The molecule has 0 atom stereocenters. The Morgan fingerprint density at radius 3 is 2.24 bits per heavy atom. The second-order valence-electron chi connectivity index (χ2n) is 6.97. The number of nitrogens with one attached hydrogen (secondary N) is 3. The van der Waals surface area contributed by atoms with E-state index >= 15 is 0 Å². The van der Waals surface area contributed by atoms with Crippen LogP contribution in [-0.4, -0.2) is 25.0 Å². The highest BCUT2D eigenvalue weighted by Gasteiger charge is 2.30. The van der Waals surface area contributed by atoms with E-state index in [1.54, 1.807) is 36.4 Å². The van der Waals surface area contributed by atoms with Crippen LogP contribution in [0.15, 0.2) is 72.8 Å². The second kappa shape index (κ2) is 10.5. The third-order valence-electron chi connectivity index (χ3n) is 4.47. The van der Waals surface area contributed by atoms with Gasteiger partial charge in [0.05, 0.1) is 18.7 Å². The average Bonchev–Trinajstić information content (AvgIpc) is 2.79. The van der Waals surface area contributed by atoms with E-state index in [0.29, 0.717) is 23.7 Å². The Hall–Kier alpha value is -4.01. The molecule has 0 aromatic heterocycles. The lowest BCUT2D eigenvalue weighted by atomic mass is 10.1. The molecule has 9 heteroatoms. The Balaban J connectivity index is 1.57. The van der Waals surface area contributed by atoms with Crippen molar-refractivity contribution in [3.63, 3.8) is 0 Å². The van der Waals surface area contributed by atoms with Crippen molar-refractivity contribution in [2.75, 3.05) is 29.1 Å². The van der Waals surface area contributed by atoms with Crippen LogP contribution in [0.2, 0.25) is 0 Å². The molecule has 0 bridgehead atoms. The van der Waals surface area contributed by atoms with Crippen LogP contribution in [0.1, 0.15) is 22.8 Å². The first kappa shape index (κ1) is 23.6. The zero-order chi connectivity index (χ0) is 23.8. The van der Waals surface area contributed by atoms with Crippen LogP contribution in [0.5, 0.6) is 5.75 Å². The average molecular weight is 457 g/mol. The van der Waals surface area contributed by atoms with Crippen LogP contribution in [0, 0.1) is 0 Å². The van der Waals surface area contributed by atoms with Gasteiger partial charge in [0.2, 0.25) is 5.91 Å². The standard InChI is InChI=1S/C24H22F3N3O3/c1-2-33-21-11-9-18(10-12-21)29-22(31)15-28-19-7-3-5-16(13-19)23(32)30-20-8-4-6-17(14-20)24(25,26)27/h3-14,28H,2,15H2,1H3,(H,29,31)(H,30,32). The first-order valence-corrected chi connectivity index (χ1v) is 10.1. The van der Waals surface area contributed by atoms with Crippen molar-refractivity contribution in [1.29, 1.82) is 0 Å². The molecular weight excluding hydrogens is 435 g/mol. The number of carbonyl (C=O) groups excluding carboxylic acids is 2. The Kier molecular flexibility index (Phi) is 7.55. The number of amides is 2. The van der Waals surface area contributed by atoms with Crippen LogP contribution in [0.4, 0.5) is 30.2 Å². The molecule has 0 aliphatic rings. The Bertz CT molecular complexity index is 1120. The quantitative estimate of drug-likeness (QED) is 0.423. The molecular formula is C24H22F3N3O3. The van der Waals surface area contributed by atoms with Crippen molar-refractivity contribution in [2.24, 2.45) is 0 Å². The highest BCUT2D eigenvalue weighted by molar-refractivity contribution is 6.05. The number of ether oxygens (including phenoxy) is 1.